The average Bonchev–Trinajstić information content (AvgIpc) is 2.36. The van der Waals surface area contributed by atoms with Crippen LogP contribution in [-0.2, 0) is 18.3 Å². The van der Waals surface area contributed by atoms with Crippen LogP contribution in [0, 0.1) is 0 Å². The van der Waals surface area contributed by atoms with Crippen LogP contribution < -0.4 is 5.69 Å². The lowest BCUT2D eigenvalue weighted by Crippen LogP contribution is -2.25. The molecule has 0 fully saturated rings. The lowest BCUT2D eigenvalue weighted by Gasteiger charge is -2.16. The van der Waals surface area contributed by atoms with Gasteiger partial charge in [-0.1, -0.05) is 51.1 Å². The molecule has 4 heteroatoms. The molecule has 2 rings (SSSR count). The molecule has 4 nitrogen and oxygen atoms in total. The Bertz CT molecular complexity index is 597. The molecule has 0 saturated heterocycles. The summed E-state index contributed by atoms with van der Waals surface area (Å²) < 4.78 is 0. The van der Waals surface area contributed by atoms with E-state index in [1.54, 1.807) is 0 Å². The number of aryl methyl sites for hydroxylation is 2. The highest BCUT2D eigenvalue weighted by atomic mass is 16.1. The molecule has 0 aliphatic heterocycles. The minimum atomic E-state index is -0.317. The summed E-state index contributed by atoms with van der Waals surface area (Å²) in [5.74, 6) is 1.30. The zero-order valence-corrected chi connectivity index (χ0v) is 11.6. The number of aromatic nitrogens is 3. The molecule has 0 saturated carbocycles. The number of nitrogens with one attached hydrogen (secondary N) is 1. The maximum atomic E-state index is 11.6. The van der Waals surface area contributed by atoms with Crippen molar-refractivity contribution in [3.8, 4) is 0 Å². The van der Waals surface area contributed by atoms with E-state index in [1.165, 1.54) is 5.56 Å². The van der Waals surface area contributed by atoms with Crippen molar-refractivity contribution >= 4 is 0 Å². The number of nitrogens with zero attached hydrogens (tertiary/aromatic N) is 2. The Balaban J connectivity index is 2.17. The summed E-state index contributed by atoms with van der Waals surface area (Å²) in [5, 5.41) is 0. The van der Waals surface area contributed by atoms with Crippen molar-refractivity contribution in [2.24, 2.45) is 0 Å². The number of H-pyrrole nitrogens is 1. The quantitative estimate of drug-likeness (QED) is 0.917. The van der Waals surface area contributed by atoms with Gasteiger partial charge in [0.25, 0.3) is 0 Å². The lowest BCUT2D eigenvalue weighted by atomic mass is 9.96. The molecule has 1 heterocycles. The smallest absolute Gasteiger partial charge is 0.294 e. The van der Waals surface area contributed by atoms with Crippen LogP contribution in [0.2, 0.25) is 0 Å². The number of aromatic amines is 1. The summed E-state index contributed by atoms with van der Waals surface area (Å²) in [6, 6.07) is 10.2. The highest BCUT2D eigenvalue weighted by molar-refractivity contribution is 5.15. The fraction of sp³-hybridized carbons (Fsp3) is 0.400. The molecule has 0 aliphatic carbocycles. The van der Waals surface area contributed by atoms with Gasteiger partial charge in [0.2, 0.25) is 0 Å². The Kier molecular flexibility index (Phi) is 3.79. The van der Waals surface area contributed by atoms with Gasteiger partial charge in [0.1, 0.15) is 11.6 Å². The van der Waals surface area contributed by atoms with Crippen LogP contribution in [0.3, 0.4) is 0 Å². The molecule has 0 bridgehead atoms. The maximum Gasteiger partial charge on any atom is 0.348 e. The van der Waals surface area contributed by atoms with E-state index in [-0.39, 0.29) is 11.1 Å². The second-order valence-electron chi connectivity index (χ2n) is 5.66. The van der Waals surface area contributed by atoms with Gasteiger partial charge < -0.3 is 0 Å². The summed E-state index contributed by atoms with van der Waals surface area (Å²) in [7, 11) is 0. The van der Waals surface area contributed by atoms with Crippen LogP contribution in [0.15, 0.2) is 35.1 Å². The van der Waals surface area contributed by atoms with E-state index in [1.807, 2.05) is 39.0 Å². The summed E-state index contributed by atoms with van der Waals surface area (Å²) in [4.78, 5) is 22.7. The Morgan fingerprint density at radius 2 is 1.74 bits per heavy atom. The van der Waals surface area contributed by atoms with Crippen molar-refractivity contribution in [3.63, 3.8) is 0 Å². The van der Waals surface area contributed by atoms with Gasteiger partial charge in [-0.15, -0.1) is 0 Å². The zero-order chi connectivity index (χ0) is 13.9. The highest BCUT2D eigenvalue weighted by Gasteiger charge is 2.18. The number of hydrogen-bond donors (Lipinski definition) is 1. The molecule has 0 amide bonds. The van der Waals surface area contributed by atoms with Crippen LogP contribution in [0.4, 0.5) is 0 Å². The van der Waals surface area contributed by atoms with Crippen LogP contribution in [-0.4, -0.2) is 15.0 Å². The second-order valence-corrected chi connectivity index (χ2v) is 5.66. The summed E-state index contributed by atoms with van der Waals surface area (Å²) in [6.07, 6.45) is 1.57. The Hall–Kier alpha value is -1.97. The third-order valence-electron chi connectivity index (χ3n) is 2.86. The van der Waals surface area contributed by atoms with Gasteiger partial charge in [-0.3, -0.25) is 4.98 Å². The average molecular weight is 257 g/mol. The van der Waals surface area contributed by atoms with E-state index in [0.29, 0.717) is 18.1 Å². The van der Waals surface area contributed by atoms with Crippen LogP contribution >= 0.6 is 0 Å². The molecule has 19 heavy (non-hydrogen) atoms. The molecule has 1 N–H and O–H groups in total. The molecular formula is C15H19N3O. The fourth-order valence-corrected chi connectivity index (χ4v) is 1.79. The molecule has 1 aromatic carbocycles. The van der Waals surface area contributed by atoms with E-state index < -0.39 is 0 Å². The second kappa shape index (κ2) is 5.34. The topological polar surface area (TPSA) is 58.6 Å². The Morgan fingerprint density at radius 1 is 1.05 bits per heavy atom. The summed E-state index contributed by atoms with van der Waals surface area (Å²) in [6.45, 7) is 6.01. The lowest BCUT2D eigenvalue weighted by molar-refractivity contribution is 0.530. The molecule has 2 aromatic rings. The highest BCUT2D eigenvalue weighted by Crippen LogP contribution is 2.16. The van der Waals surface area contributed by atoms with Crippen LogP contribution in [0.25, 0.3) is 0 Å². The Labute approximate surface area is 112 Å². The van der Waals surface area contributed by atoms with Crippen molar-refractivity contribution in [1.82, 2.24) is 15.0 Å². The van der Waals surface area contributed by atoms with Gasteiger partial charge in [-0.2, -0.15) is 4.98 Å². The van der Waals surface area contributed by atoms with E-state index in [4.69, 9.17) is 0 Å². The largest absolute Gasteiger partial charge is 0.348 e. The van der Waals surface area contributed by atoms with E-state index in [2.05, 4.69) is 27.1 Å². The molecule has 1 aromatic heterocycles. The van der Waals surface area contributed by atoms with E-state index in [0.717, 1.165) is 6.42 Å². The maximum absolute atomic E-state index is 11.6. The Morgan fingerprint density at radius 3 is 2.37 bits per heavy atom. The van der Waals surface area contributed by atoms with Gasteiger partial charge in [0.15, 0.2) is 0 Å². The summed E-state index contributed by atoms with van der Waals surface area (Å²) >= 11 is 0. The number of hydrogen-bond acceptors (Lipinski definition) is 3. The van der Waals surface area contributed by atoms with Crippen LogP contribution in [0.5, 0.6) is 0 Å². The molecule has 0 spiro atoms. The molecule has 0 radical (unpaired) electrons. The first-order chi connectivity index (χ1) is 8.95. The zero-order valence-electron chi connectivity index (χ0n) is 11.6. The number of rotatable bonds is 3. The van der Waals surface area contributed by atoms with E-state index in [9.17, 15) is 4.79 Å². The molecule has 100 valence electrons. The fourth-order valence-electron chi connectivity index (χ4n) is 1.79. The minimum absolute atomic E-state index is 0.213. The monoisotopic (exact) mass is 257 g/mol. The van der Waals surface area contributed by atoms with Gasteiger partial charge >= 0.3 is 5.69 Å². The van der Waals surface area contributed by atoms with Crippen molar-refractivity contribution in [1.29, 1.82) is 0 Å². The normalized spacial score (nSPS) is 11.5. The van der Waals surface area contributed by atoms with Gasteiger partial charge in [-0.25, -0.2) is 9.78 Å². The van der Waals surface area contributed by atoms with Crippen molar-refractivity contribution in [2.75, 3.05) is 0 Å². The van der Waals surface area contributed by atoms with Crippen molar-refractivity contribution in [3.05, 3.63) is 58.0 Å². The first-order valence-corrected chi connectivity index (χ1v) is 6.47. The SMILES string of the molecule is CC(C)(C)c1nc(CCc2ccccc2)[nH]c(=O)n1. The molecular weight excluding hydrogens is 238 g/mol. The van der Waals surface area contributed by atoms with Gasteiger partial charge in [0.05, 0.1) is 0 Å². The molecule has 0 unspecified atom stereocenters. The van der Waals surface area contributed by atoms with Gasteiger partial charge in [0, 0.05) is 11.8 Å². The molecule has 0 atom stereocenters. The first kappa shape index (κ1) is 13.5. The van der Waals surface area contributed by atoms with Crippen molar-refractivity contribution < 1.29 is 0 Å². The standard InChI is InChI=1S/C15H19N3O/c1-15(2,3)13-16-12(17-14(19)18-13)10-9-11-7-5-4-6-8-11/h4-8H,9-10H2,1-3H3,(H,16,17,18,19). The first-order valence-electron chi connectivity index (χ1n) is 6.47. The third-order valence-corrected chi connectivity index (χ3v) is 2.86. The van der Waals surface area contributed by atoms with Crippen LogP contribution in [0.1, 0.15) is 38.0 Å². The predicted molar refractivity (Wildman–Crippen MR) is 75.2 cm³/mol. The van der Waals surface area contributed by atoms with Gasteiger partial charge in [-0.05, 0) is 12.0 Å². The van der Waals surface area contributed by atoms with E-state index >= 15 is 0 Å². The van der Waals surface area contributed by atoms with Crippen molar-refractivity contribution in [2.45, 2.75) is 39.0 Å². The molecule has 0 aliphatic rings. The summed E-state index contributed by atoms with van der Waals surface area (Å²) in [5.41, 5.74) is 0.706. The third kappa shape index (κ3) is 3.74. The minimum Gasteiger partial charge on any atom is -0.294 e. The number of benzene rings is 1. The predicted octanol–water partition coefficient (Wildman–Crippen LogP) is 2.25.